The second kappa shape index (κ2) is 28.4. The molecule has 14 N–H and O–H groups in total. The number of aliphatic carboxylic acids is 1. The van der Waals surface area contributed by atoms with Crippen LogP contribution in [0.1, 0.15) is 95.1 Å². The number of aromatic amines is 1. The van der Waals surface area contributed by atoms with Gasteiger partial charge in [-0.25, -0.2) is 4.79 Å². The molecule has 7 amide bonds. The summed E-state index contributed by atoms with van der Waals surface area (Å²) in [6.07, 6.45) is 8.00. The van der Waals surface area contributed by atoms with Crippen LogP contribution in [0.5, 0.6) is 0 Å². The summed E-state index contributed by atoms with van der Waals surface area (Å²) in [5.74, 6) is -5.70. The molecule has 392 valence electrons. The Bertz CT molecular complexity index is 2360. The number of carbonyl (C=O) groups excluding carboxylic acids is 7. The van der Waals surface area contributed by atoms with Gasteiger partial charge in [-0.3, -0.25) is 38.6 Å². The van der Waals surface area contributed by atoms with Crippen molar-refractivity contribution in [1.29, 1.82) is 0 Å². The van der Waals surface area contributed by atoms with Crippen LogP contribution in [0.2, 0.25) is 0 Å². The Morgan fingerprint density at radius 1 is 0.722 bits per heavy atom. The van der Waals surface area contributed by atoms with E-state index in [2.05, 4.69) is 54.5 Å². The van der Waals surface area contributed by atoms with Crippen LogP contribution >= 0.6 is 12.6 Å². The average molecular weight is 1020 g/mol. The minimum Gasteiger partial charge on any atom is -0.480 e. The number of H-pyrrole nitrogens is 1. The lowest BCUT2D eigenvalue weighted by molar-refractivity contribution is -0.143. The van der Waals surface area contributed by atoms with Crippen LogP contribution in [0.3, 0.4) is 0 Å². The van der Waals surface area contributed by atoms with E-state index in [9.17, 15) is 43.5 Å². The monoisotopic (exact) mass is 1020 g/mol. The van der Waals surface area contributed by atoms with E-state index >= 15 is 0 Å². The van der Waals surface area contributed by atoms with Gasteiger partial charge in [0.05, 0.1) is 0 Å². The molecule has 2 fully saturated rings. The lowest BCUT2D eigenvalue weighted by atomic mass is 9.84. The zero-order valence-electron chi connectivity index (χ0n) is 40.9. The molecular formula is C50H72N12O9S. The number of benzene rings is 2. The number of likely N-dealkylation sites (tertiary alicyclic amines) is 1. The summed E-state index contributed by atoms with van der Waals surface area (Å²) in [4.78, 5) is 118. The van der Waals surface area contributed by atoms with Gasteiger partial charge in [-0.2, -0.15) is 12.6 Å². The van der Waals surface area contributed by atoms with Crippen LogP contribution in [0.15, 0.2) is 65.8 Å². The van der Waals surface area contributed by atoms with E-state index in [1.807, 2.05) is 30.3 Å². The number of carboxylic acids is 1. The van der Waals surface area contributed by atoms with E-state index in [0.29, 0.717) is 18.4 Å². The quantitative estimate of drug-likeness (QED) is 0.0217. The van der Waals surface area contributed by atoms with Crippen molar-refractivity contribution < 1.29 is 43.5 Å². The van der Waals surface area contributed by atoms with E-state index in [-0.39, 0.29) is 82.2 Å². The van der Waals surface area contributed by atoms with Gasteiger partial charge in [-0.1, -0.05) is 80.6 Å². The number of thiol groups is 1. The number of amides is 7. The number of para-hydroxylation sites is 1. The molecule has 0 unspecified atom stereocenters. The Kier molecular flexibility index (Phi) is 22.2. The number of aliphatic imine (C=N–C) groups is 1. The van der Waals surface area contributed by atoms with Crippen molar-refractivity contribution >= 4 is 76.8 Å². The zero-order chi connectivity index (χ0) is 52.2. The Morgan fingerprint density at radius 2 is 1.33 bits per heavy atom. The van der Waals surface area contributed by atoms with Gasteiger partial charge >= 0.3 is 5.97 Å². The summed E-state index contributed by atoms with van der Waals surface area (Å²) in [6.45, 7) is 1.78. The van der Waals surface area contributed by atoms with E-state index in [0.717, 1.165) is 48.6 Å². The highest BCUT2D eigenvalue weighted by Crippen LogP contribution is 2.28. The maximum absolute atomic E-state index is 14.7. The molecule has 5 rings (SSSR count). The van der Waals surface area contributed by atoms with Gasteiger partial charge < -0.3 is 64.1 Å². The van der Waals surface area contributed by atoms with Crippen LogP contribution < -0.4 is 49.1 Å². The molecule has 7 atom stereocenters. The van der Waals surface area contributed by atoms with E-state index < -0.39 is 89.6 Å². The summed E-state index contributed by atoms with van der Waals surface area (Å²) in [7, 11) is 0. The zero-order valence-corrected chi connectivity index (χ0v) is 41.8. The topological polar surface area (TPSA) is 338 Å². The third-order valence-corrected chi connectivity index (χ3v) is 13.5. The fourth-order valence-corrected chi connectivity index (χ4v) is 9.67. The second-order valence-corrected chi connectivity index (χ2v) is 19.0. The molecule has 2 heterocycles. The number of fused-ring (bicyclic) bond motifs is 1. The van der Waals surface area contributed by atoms with E-state index in [4.69, 9.17) is 17.2 Å². The van der Waals surface area contributed by atoms with Crippen molar-refractivity contribution in [2.75, 3.05) is 25.4 Å². The molecule has 1 aromatic heterocycles. The SMILES string of the molecule is CC(=O)N[C@@H](CS)C(=O)N[C@@H](Cc1ccccc1)C(=O)N[C@@H](CCCN)C(=O)N1CCC[C@H]1C(=O)N[C@H](CC1CCCCC1)C(=O)N[C@@H](Cc1c[nH]c2ccccc12)C(=O)N[C@@H](CCCN=C(N)N)C(=O)O. The number of rotatable bonds is 27. The number of guanidine groups is 1. The molecule has 0 radical (unpaired) electrons. The molecule has 1 aliphatic carbocycles. The van der Waals surface area contributed by atoms with E-state index in [1.165, 1.54) is 11.8 Å². The molecule has 21 nitrogen and oxygen atoms in total. The molecule has 2 aliphatic rings. The third-order valence-electron chi connectivity index (χ3n) is 13.2. The smallest absolute Gasteiger partial charge is 0.326 e. The normalized spacial score (nSPS) is 17.3. The van der Waals surface area contributed by atoms with Crippen molar-refractivity contribution in [2.45, 2.75) is 139 Å². The van der Waals surface area contributed by atoms with Crippen molar-refractivity contribution in [3.05, 3.63) is 71.9 Å². The minimum atomic E-state index is -1.33. The first kappa shape index (κ1) is 56.2. The number of hydrogen-bond donors (Lipinski definition) is 12. The molecule has 22 heteroatoms. The molecule has 0 bridgehead atoms. The highest BCUT2D eigenvalue weighted by Gasteiger charge is 2.41. The highest BCUT2D eigenvalue weighted by atomic mass is 32.1. The maximum Gasteiger partial charge on any atom is 0.326 e. The van der Waals surface area contributed by atoms with Crippen molar-refractivity contribution in [1.82, 2.24) is 41.8 Å². The fraction of sp³-hybridized carbons (Fsp3) is 0.540. The van der Waals surface area contributed by atoms with E-state index in [1.54, 1.807) is 30.5 Å². The number of nitrogens with one attached hydrogen (secondary N) is 7. The summed E-state index contributed by atoms with van der Waals surface area (Å²) in [5.41, 5.74) is 19.0. The number of carbonyl (C=O) groups is 8. The third kappa shape index (κ3) is 17.0. The Labute approximate surface area is 425 Å². The Hall–Kier alpha value is -6.68. The van der Waals surface area contributed by atoms with Gasteiger partial charge in [-0.05, 0) is 74.6 Å². The number of nitrogens with two attached hydrogens (primary N) is 3. The molecule has 1 saturated heterocycles. The van der Waals surface area contributed by atoms with Crippen LogP contribution in [-0.2, 0) is 51.2 Å². The highest BCUT2D eigenvalue weighted by molar-refractivity contribution is 7.80. The van der Waals surface area contributed by atoms with Gasteiger partial charge in [0.15, 0.2) is 5.96 Å². The molecule has 2 aromatic carbocycles. The lowest BCUT2D eigenvalue weighted by Crippen LogP contribution is -2.60. The van der Waals surface area contributed by atoms with Gasteiger partial charge in [0.2, 0.25) is 41.4 Å². The first-order chi connectivity index (χ1) is 34.6. The lowest BCUT2D eigenvalue weighted by Gasteiger charge is -2.32. The van der Waals surface area contributed by atoms with Gasteiger partial charge in [0.1, 0.15) is 42.3 Å². The van der Waals surface area contributed by atoms with Crippen LogP contribution in [0, 0.1) is 5.92 Å². The van der Waals surface area contributed by atoms with Crippen molar-refractivity contribution in [3.8, 4) is 0 Å². The first-order valence-corrected chi connectivity index (χ1v) is 25.5. The summed E-state index contributed by atoms with van der Waals surface area (Å²) in [5, 5.41) is 27.4. The largest absolute Gasteiger partial charge is 0.480 e. The van der Waals surface area contributed by atoms with Crippen LogP contribution in [0.4, 0.5) is 0 Å². The predicted molar refractivity (Wildman–Crippen MR) is 275 cm³/mol. The van der Waals surface area contributed by atoms with Crippen LogP contribution in [-0.4, -0.2) is 136 Å². The minimum absolute atomic E-state index is 0.000928. The summed E-state index contributed by atoms with van der Waals surface area (Å²) < 4.78 is 0. The predicted octanol–water partition coefficient (Wildman–Crippen LogP) is 0.650. The average Bonchev–Trinajstić information content (AvgIpc) is 4.03. The number of hydrogen-bond acceptors (Lipinski definition) is 11. The molecule has 72 heavy (non-hydrogen) atoms. The first-order valence-electron chi connectivity index (χ1n) is 24.9. The fourth-order valence-electron chi connectivity index (χ4n) is 9.42. The number of carboxylic acid groups (broad SMARTS) is 1. The van der Waals surface area contributed by atoms with Crippen LogP contribution in [0.25, 0.3) is 10.9 Å². The molecule has 1 saturated carbocycles. The molecule has 3 aromatic rings. The Morgan fingerprint density at radius 3 is 1.99 bits per heavy atom. The maximum atomic E-state index is 14.7. The van der Waals surface area contributed by atoms with Crippen molar-refractivity contribution in [2.24, 2.45) is 28.1 Å². The summed E-state index contributed by atoms with van der Waals surface area (Å²) >= 11 is 4.21. The molecule has 1 aliphatic heterocycles. The number of nitrogens with zero attached hydrogens (tertiary/aromatic N) is 2. The Balaban J connectivity index is 1.37. The number of aromatic nitrogens is 1. The van der Waals surface area contributed by atoms with Gasteiger partial charge in [0, 0.05) is 55.7 Å². The molecular weight excluding hydrogens is 945 g/mol. The van der Waals surface area contributed by atoms with Gasteiger partial charge in [0.25, 0.3) is 0 Å². The standard InChI is InChI=1S/C50H72N12O9S/c1-30(63)56-41(29-72)46(67)59-38(25-31-13-4-2-5-14-31)43(64)57-36(19-10-22-51)48(69)62-24-12-21-42(62)47(68)61-39(26-32-15-6-3-7-16-32)44(65)60-40(27-33-28-55-35-18-9-8-17-34(33)35)45(66)58-37(49(70)71)20-11-23-54-50(52)53/h2,4-5,8-9,13-14,17-18,28,32,36-42,55,72H,3,6-7,10-12,15-16,19-27,29,51H2,1H3,(H,56,63)(H,57,64)(H,58,66)(H,59,67)(H,60,65)(H,61,68)(H,70,71)(H4,52,53,54)/t36-,37-,38-,39+,40-,41-,42-/m0/s1. The van der Waals surface area contributed by atoms with Crippen molar-refractivity contribution in [3.63, 3.8) is 0 Å². The van der Waals surface area contributed by atoms with Gasteiger partial charge in [-0.15, -0.1) is 0 Å². The summed E-state index contributed by atoms with van der Waals surface area (Å²) in [6, 6.07) is 8.26. The second-order valence-electron chi connectivity index (χ2n) is 18.6. The molecule has 0 spiro atoms.